The zero-order chi connectivity index (χ0) is 10.3. The van der Waals surface area contributed by atoms with Gasteiger partial charge >= 0.3 is 0 Å². The van der Waals surface area contributed by atoms with E-state index >= 15 is 0 Å². The molecule has 15 heavy (non-hydrogen) atoms. The predicted octanol–water partition coefficient (Wildman–Crippen LogP) is 1.77. The lowest BCUT2D eigenvalue weighted by Gasteiger charge is -1.99. The van der Waals surface area contributed by atoms with Crippen molar-refractivity contribution in [3.63, 3.8) is 0 Å². The predicted molar refractivity (Wildman–Crippen MR) is 55.6 cm³/mol. The molecule has 1 N–H and O–H groups in total. The lowest BCUT2D eigenvalue weighted by Crippen LogP contribution is -1.93. The number of halogens is 1. The summed E-state index contributed by atoms with van der Waals surface area (Å²) in [5, 5.41) is 4.41. The molecule has 0 atom stereocenters. The monoisotopic (exact) mass is 219 g/mol. The van der Waals surface area contributed by atoms with E-state index in [9.17, 15) is 0 Å². The van der Waals surface area contributed by atoms with Gasteiger partial charge in [-0.05, 0) is 6.07 Å². The fraction of sp³-hybridized carbons (Fsp3) is 0. The van der Waals surface area contributed by atoms with Crippen LogP contribution in [0.25, 0.3) is 16.9 Å². The van der Waals surface area contributed by atoms with Gasteiger partial charge in [0.05, 0.1) is 6.20 Å². The third-order valence-electron chi connectivity index (χ3n) is 2.10. The first kappa shape index (κ1) is 8.43. The second-order valence-corrected chi connectivity index (χ2v) is 3.43. The molecular formula is C9H6ClN5. The number of hydrogen-bond acceptors (Lipinski definition) is 3. The van der Waals surface area contributed by atoms with Gasteiger partial charge in [-0.25, -0.2) is 14.5 Å². The van der Waals surface area contributed by atoms with Gasteiger partial charge in [0.25, 0.3) is 0 Å². The van der Waals surface area contributed by atoms with Gasteiger partial charge in [0.15, 0.2) is 5.65 Å². The van der Waals surface area contributed by atoms with E-state index in [1.54, 1.807) is 10.7 Å². The Morgan fingerprint density at radius 1 is 1.40 bits per heavy atom. The summed E-state index contributed by atoms with van der Waals surface area (Å²) in [4.78, 5) is 11.3. The van der Waals surface area contributed by atoms with Crippen LogP contribution in [0.2, 0.25) is 5.15 Å². The highest BCUT2D eigenvalue weighted by Crippen LogP contribution is 2.21. The quantitative estimate of drug-likeness (QED) is 0.679. The van der Waals surface area contributed by atoms with Crippen LogP contribution in [-0.4, -0.2) is 24.6 Å². The molecule has 0 saturated carbocycles. The van der Waals surface area contributed by atoms with Gasteiger partial charge < -0.3 is 4.98 Å². The Kier molecular flexibility index (Phi) is 1.72. The summed E-state index contributed by atoms with van der Waals surface area (Å²) in [6.07, 6.45) is 6.77. The lowest BCUT2D eigenvalue weighted by atomic mass is 10.2. The number of nitrogens with one attached hydrogen (secondary N) is 1. The molecule has 0 radical (unpaired) electrons. The smallest absolute Gasteiger partial charge is 0.181 e. The van der Waals surface area contributed by atoms with E-state index in [1.165, 1.54) is 6.33 Å². The number of hydrogen-bond donors (Lipinski definition) is 1. The third-order valence-corrected chi connectivity index (χ3v) is 2.29. The summed E-state index contributed by atoms with van der Waals surface area (Å²) >= 11 is 5.89. The first-order chi connectivity index (χ1) is 7.34. The van der Waals surface area contributed by atoms with Crippen LogP contribution >= 0.6 is 11.6 Å². The van der Waals surface area contributed by atoms with Crippen molar-refractivity contribution in [3.05, 3.63) is 36.1 Å². The van der Waals surface area contributed by atoms with Crippen molar-refractivity contribution in [1.82, 2.24) is 24.6 Å². The molecule has 0 aliphatic rings. The largest absolute Gasteiger partial charge is 0.367 e. The molecule has 5 nitrogen and oxygen atoms in total. The SMILES string of the molecule is Clc1cn2ncnc2c(-c2cc[nH]c2)n1. The molecule has 3 rings (SSSR count). The average Bonchev–Trinajstić information content (AvgIpc) is 2.86. The number of aromatic nitrogens is 5. The van der Waals surface area contributed by atoms with Crippen LogP contribution in [0.4, 0.5) is 0 Å². The van der Waals surface area contributed by atoms with Crippen molar-refractivity contribution in [2.24, 2.45) is 0 Å². The van der Waals surface area contributed by atoms with Crippen LogP contribution in [0.1, 0.15) is 0 Å². The van der Waals surface area contributed by atoms with Gasteiger partial charge in [-0.1, -0.05) is 11.6 Å². The highest BCUT2D eigenvalue weighted by atomic mass is 35.5. The fourth-order valence-corrected chi connectivity index (χ4v) is 1.64. The molecule has 0 amide bonds. The second kappa shape index (κ2) is 3.06. The molecule has 0 spiro atoms. The van der Waals surface area contributed by atoms with Crippen LogP contribution in [0.15, 0.2) is 31.0 Å². The minimum Gasteiger partial charge on any atom is -0.367 e. The van der Waals surface area contributed by atoms with Crippen molar-refractivity contribution in [2.45, 2.75) is 0 Å². The Morgan fingerprint density at radius 2 is 2.33 bits per heavy atom. The molecule has 3 heterocycles. The molecule has 0 unspecified atom stereocenters. The summed E-state index contributed by atoms with van der Waals surface area (Å²) in [5.74, 6) is 0. The van der Waals surface area contributed by atoms with Crippen molar-refractivity contribution in [2.75, 3.05) is 0 Å². The summed E-state index contributed by atoms with van der Waals surface area (Å²) in [7, 11) is 0. The van der Waals surface area contributed by atoms with Crippen LogP contribution in [0, 0.1) is 0 Å². The molecule has 0 bridgehead atoms. The Labute approximate surface area is 89.7 Å². The molecule has 0 aliphatic heterocycles. The maximum absolute atomic E-state index is 5.89. The van der Waals surface area contributed by atoms with Crippen LogP contribution in [0.3, 0.4) is 0 Å². The Morgan fingerprint density at radius 3 is 3.13 bits per heavy atom. The second-order valence-electron chi connectivity index (χ2n) is 3.04. The lowest BCUT2D eigenvalue weighted by molar-refractivity contribution is 0.948. The zero-order valence-corrected chi connectivity index (χ0v) is 8.31. The van der Waals surface area contributed by atoms with Gasteiger partial charge in [0, 0.05) is 18.0 Å². The summed E-state index contributed by atoms with van der Waals surface area (Å²) in [6, 6.07) is 1.91. The zero-order valence-electron chi connectivity index (χ0n) is 7.55. The number of fused-ring (bicyclic) bond motifs is 1. The highest BCUT2D eigenvalue weighted by molar-refractivity contribution is 6.29. The minimum absolute atomic E-state index is 0.393. The van der Waals surface area contributed by atoms with Crippen LogP contribution < -0.4 is 0 Å². The topological polar surface area (TPSA) is 58.9 Å². The number of rotatable bonds is 1. The summed E-state index contributed by atoms with van der Waals surface area (Å²) < 4.78 is 1.61. The van der Waals surface area contributed by atoms with E-state index < -0.39 is 0 Å². The van der Waals surface area contributed by atoms with E-state index in [0.717, 1.165) is 11.3 Å². The fourth-order valence-electron chi connectivity index (χ4n) is 1.47. The average molecular weight is 220 g/mol. The molecule has 6 heteroatoms. The maximum Gasteiger partial charge on any atom is 0.181 e. The van der Waals surface area contributed by atoms with Crippen molar-refractivity contribution in [3.8, 4) is 11.3 Å². The summed E-state index contributed by atoms with van der Waals surface area (Å²) in [6.45, 7) is 0. The normalized spacial score (nSPS) is 11.0. The van der Waals surface area contributed by atoms with Crippen molar-refractivity contribution < 1.29 is 0 Å². The molecule has 0 aliphatic carbocycles. The van der Waals surface area contributed by atoms with Crippen molar-refractivity contribution in [1.29, 1.82) is 0 Å². The molecule has 3 aromatic rings. The highest BCUT2D eigenvalue weighted by Gasteiger charge is 2.09. The number of aromatic amines is 1. The first-order valence-corrected chi connectivity index (χ1v) is 4.71. The Hall–Kier alpha value is -1.88. The van der Waals surface area contributed by atoms with E-state index in [4.69, 9.17) is 11.6 Å². The van der Waals surface area contributed by atoms with Crippen LogP contribution in [-0.2, 0) is 0 Å². The number of nitrogens with zero attached hydrogens (tertiary/aromatic N) is 4. The van der Waals surface area contributed by atoms with Gasteiger partial charge in [-0.3, -0.25) is 0 Å². The molecule has 74 valence electrons. The van der Waals surface area contributed by atoms with Gasteiger partial charge in [-0.15, -0.1) is 0 Å². The van der Waals surface area contributed by atoms with Gasteiger partial charge in [-0.2, -0.15) is 5.10 Å². The van der Waals surface area contributed by atoms with E-state index in [2.05, 4.69) is 20.1 Å². The molecule has 0 saturated heterocycles. The Bertz CT molecular complexity index is 598. The summed E-state index contributed by atoms with van der Waals surface area (Å²) in [5.41, 5.74) is 2.36. The van der Waals surface area contributed by atoms with Crippen molar-refractivity contribution >= 4 is 17.2 Å². The van der Waals surface area contributed by atoms with Gasteiger partial charge in [0.1, 0.15) is 17.2 Å². The van der Waals surface area contributed by atoms with E-state index in [1.807, 2.05) is 18.5 Å². The van der Waals surface area contributed by atoms with E-state index in [0.29, 0.717) is 10.8 Å². The standard InChI is InChI=1S/C9H6ClN5/c10-7-4-15-9(12-5-13-15)8(14-7)6-1-2-11-3-6/h1-5,11H. The molecule has 3 aromatic heterocycles. The number of H-pyrrole nitrogens is 1. The minimum atomic E-state index is 0.393. The Balaban J connectivity index is 2.38. The van der Waals surface area contributed by atoms with E-state index in [-0.39, 0.29) is 0 Å². The molecule has 0 fully saturated rings. The first-order valence-electron chi connectivity index (χ1n) is 4.33. The third kappa shape index (κ3) is 1.28. The van der Waals surface area contributed by atoms with Crippen LogP contribution in [0.5, 0.6) is 0 Å². The van der Waals surface area contributed by atoms with Gasteiger partial charge in [0.2, 0.25) is 0 Å². The maximum atomic E-state index is 5.89. The molecular weight excluding hydrogens is 214 g/mol. The molecule has 0 aromatic carbocycles.